The van der Waals surface area contributed by atoms with E-state index in [2.05, 4.69) is 0 Å². The number of aromatic carboxylic acids is 1. The Kier molecular flexibility index (Phi) is 6.85. The van der Waals surface area contributed by atoms with Crippen molar-refractivity contribution in [2.75, 3.05) is 13.2 Å². The second kappa shape index (κ2) is 8.57. The van der Waals surface area contributed by atoms with Crippen LogP contribution in [0.5, 0.6) is 0 Å². The van der Waals surface area contributed by atoms with E-state index in [0.717, 1.165) is 0 Å². The maximum absolute atomic E-state index is 13.4. The minimum absolute atomic E-state index is 0.136. The summed E-state index contributed by atoms with van der Waals surface area (Å²) in [5, 5.41) is 20.6. The molecule has 15 heteroatoms. The van der Waals surface area contributed by atoms with Crippen molar-refractivity contribution in [1.82, 2.24) is 9.62 Å². The number of aliphatic hydroxyl groups excluding tert-OH is 1. The van der Waals surface area contributed by atoms with E-state index in [1.807, 2.05) is 0 Å². The summed E-state index contributed by atoms with van der Waals surface area (Å²) < 4.78 is 87.5. The van der Waals surface area contributed by atoms with Gasteiger partial charge in [0.05, 0.1) is 18.3 Å². The molecular weight excluding hydrogens is 456 g/mol. The van der Waals surface area contributed by atoms with Crippen LogP contribution in [0.25, 0.3) is 0 Å². The average molecular weight is 474 g/mol. The lowest BCUT2D eigenvalue weighted by atomic mass is 10.2. The Hall–Kier alpha value is -2.49. The molecule has 1 heterocycles. The van der Waals surface area contributed by atoms with E-state index in [0.29, 0.717) is 12.1 Å². The summed E-state index contributed by atoms with van der Waals surface area (Å²) in [4.78, 5) is 21.8. The summed E-state index contributed by atoms with van der Waals surface area (Å²) in [5.41, 5.74) is -1.30. The number of halogens is 4. The van der Waals surface area contributed by atoms with Gasteiger partial charge in [0, 0.05) is 6.54 Å². The fourth-order valence-corrected chi connectivity index (χ4v) is 4.07. The molecule has 2 rings (SSSR count). The zero-order valence-electron chi connectivity index (χ0n) is 16.0. The van der Waals surface area contributed by atoms with Crippen molar-refractivity contribution >= 4 is 22.0 Å². The Morgan fingerprint density at radius 2 is 1.97 bits per heavy atom. The molecule has 2 atom stereocenters. The Labute approximate surface area is 173 Å². The molecule has 31 heavy (non-hydrogen) atoms. The van der Waals surface area contributed by atoms with E-state index in [4.69, 9.17) is 14.6 Å². The third kappa shape index (κ3) is 5.61. The van der Waals surface area contributed by atoms with Crippen LogP contribution in [0, 0.1) is 5.82 Å². The normalized spacial score (nSPS) is 19.6. The highest BCUT2D eigenvalue weighted by Crippen LogP contribution is 2.31. The topological polar surface area (TPSA) is 142 Å². The first-order chi connectivity index (χ1) is 14.1. The maximum atomic E-state index is 13.4. The molecule has 0 radical (unpaired) electrons. The van der Waals surface area contributed by atoms with E-state index in [1.165, 1.54) is 13.8 Å². The molecule has 0 aliphatic carbocycles. The highest BCUT2D eigenvalue weighted by Gasteiger charge is 2.51. The van der Waals surface area contributed by atoms with Gasteiger partial charge in [-0.1, -0.05) is 0 Å². The monoisotopic (exact) mass is 474 g/mol. The van der Waals surface area contributed by atoms with Crippen LogP contribution < -0.4 is 5.32 Å². The number of ether oxygens (including phenoxy) is 2. The highest BCUT2D eigenvalue weighted by molar-refractivity contribution is 7.89. The van der Waals surface area contributed by atoms with Crippen LogP contribution in [0.2, 0.25) is 0 Å². The predicted molar refractivity (Wildman–Crippen MR) is 92.7 cm³/mol. The fraction of sp³-hybridized carbons (Fsp3) is 0.500. The molecule has 1 fully saturated rings. The van der Waals surface area contributed by atoms with Gasteiger partial charge < -0.3 is 25.0 Å². The fourth-order valence-electron chi connectivity index (χ4n) is 2.65. The van der Waals surface area contributed by atoms with Crippen LogP contribution in [0.4, 0.5) is 22.4 Å². The minimum Gasteiger partial charge on any atom is -0.478 e. The Morgan fingerprint density at radius 3 is 2.45 bits per heavy atom. The lowest BCUT2D eigenvalue weighted by Crippen LogP contribution is -2.53. The molecule has 0 bridgehead atoms. The number of amides is 2. The van der Waals surface area contributed by atoms with Crippen LogP contribution >= 0.6 is 0 Å². The number of nitrogens with zero attached hydrogens (tertiary/aromatic N) is 1. The number of hydrogen-bond acceptors (Lipinski definition) is 7. The molecule has 1 aromatic rings. The number of carboxylic acid groups (broad SMARTS) is 1. The van der Waals surface area contributed by atoms with Crippen molar-refractivity contribution in [2.24, 2.45) is 0 Å². The van der Waals surface area contributed by atoms with Gasteiger partial charge in [-0.2, -0.15) is 0 Å². The van der Waals surface area contributed by atoms with Gasteiger partial charge in [-0.15, -0.1) is 17.5 Å². The number of nitrogens with one attached hydrogen (secondary N) is 1. The molecule has 0 aromatic heterocycles. The molecule has 0 saturated carbocycles. The van der Waals surface area contributed by atoms with Gasteiger partial charge in [-0.05, 0) is 32.0 Å². The second-order valence-electron chi connectivity index (χ2n) is 6.80. The number of benzene rings is 1. The number of carbonyl (C=O) groups is 2. The number of urea groups is 1. The quantitative estimate of drug-likeness (QED) is 0.413. The summed E-state index contributed by atoms with van der Waals surface area (Å²) in [6, 6.07) is -1.30. The number of carbonyl (C=O) groups excluding carboxylic acids is 1. The smallest absolute Gasteiger partial charge is 0.478 e. The largest absolute Gasteiger partial charge is 0.502 e. The minimum atomic E-state index is -5.82. The van der Waals surface area contributed by atoms with Crippen LogP contribution in [0.15, 0.2) is 23.1 Å². The molecule has 2 unspecified atom stereocenters. The standard InChI is InChI=1S/C16H18F4N2O8S/c1-15(2)29-7-11(30-15)10(23)6-21-14(26)22(16(18,19)20)31(27,28)12-4-3-8(17)5-9(12)13(24)25/h3-5,10-11,23H,6-7H2,1-2H3,(H,21,26)(H,24,25). The first-order valence-electron chi connectivity index (χ1n) is 8.49. The highest BCUT2D eigenvalue weighted by atomic mass is 32.2. The summed E-state index contributed by atoms with van der Waals surface area (Å²) in [6.45, 7) is 2.04. The lowest BCUT2D eigenvalue weighted by molar-refractivity contribution is -0.192. The molecule has 1 aliphatic rings. The number of alkyl halides is 3. The van der Waals surface area contributed by atoms with Crippen molar-refractivity contribution in [3.05, 3.63) is 29.6 Å². The van der Waals surface area contributed by atoms with E-state index in [-0.39, 0.29) is 12.7 Å². The van der Waals surface area contributed by atoms with E-state index in [1.54, 1.807) is 5.32 Å². The zero-order valence-corrected chi connectivity index (χ0v) is 16.8. The number of sulfonamides is 1. The predicted octanol–water partition coefficient (Wildman–Crippen LogP) is 1.26. The average Bonchev–Trinajstić information content (AvgIpc) is 2.97. The van der Waals surface area contributed by atoms with Gasteiger partial charge in [0.25, 0.3) is 10.0 Å². The molecule has 10 nitrogen and oxygen atoms in total. The first kappa shape index (κ1) is 24.8. The summed E-state index contributed by atoms with van der Waals surface area (Å²) in [7, 11) is -5.82. The van der Waals surface area contributed by atoms with E-state index < -0.39 is 73.4 Å². The third-order valence-corrected chi connectivity index (χ3v) is 5.79. The Bertz CT molecular complexity index is 967. The molecule has 174 valence electrons. The SMILES string of the molecule is CC1(C)OCC(C(O)CNC(=O)N(C(F)(F)F)S(=O)(=O)c2ccc(F)cc2C(=O)O)O1. The van der Waals surface area contributed by atoms with Crippen molar-refractivity contribution in [3.8, 4) is 0 Å². The van der Waals surface area contributed by atoms with Crippen molar-refractivity contribution in [2.45, 2.75) is 43.0 Å². The Balaban J connectivity index is 2.30. The maximum Gasteiger partial charge on any atom is 0.502 e. The summed E-state index contributed by atoms with van der Waals surface area (Å²) in [6.07, 6.45) is -8.38. The number of carboxylic acids is 1. The van der Waals surface area contributed by atoms with Gasteiger partial charge in [0.15, 0.2) is 5.79 Å². The summed E-state index contributed by atoms with van der Waals surface area (Å²) >= 11 is 0. The second-order valence-corrected chi connectivity index (χ2v) is 8.56. The van der Waals surface area contributed by atoms with Crippen molar-refractivity contribution in [3.63, 3.8) is 0 Å². The van der Waals surface area contributed by atoms with E-state index in [9.17, 15) is 40.7 Å². The molecule has 1 aromatic carbocycles. The van der Waals surface area contributed by atoms with Gasteiger partial charge in [0.2, 0.25) is 0 Å². The number of aliphatic hydroxyl groups is 1. The third-order valence-electron chi connectivity index (χ3n) is 4.03. The van der Waals surface area contributed by atoms with Gasteiger partial charge >= 0.3 is 18.3 Å². The molecule has 1 aliphatic heterocycles. The van der Waals surface area contributed by atoms with Crippen LogP contribution in [-0.2, 0) is 19.5 Å². The molecule has 0 spiro atoms. The summed E-state index contributed by atoms with van der Waals surface area (Å²) in [5.74, 6) is -4.33. The Morgan fingerprint density at radius 1 is 1.35 bits per heavy atom. The molecular formula is C16H18F4N2O8S. The van der Waals surface area contributed by atoms with Gasteiger partial charge in [-0.25, -0.2) is 22.4 Å². The first-order valence-corrected chi connectivity index (χ1v) is 9.93. The van der Waals surface area contributed by atoms with Crippen LogP contribution in [-0.4, -0.2) is 72.4 Å². The van der Waals surface area contributed by atoms with Crippen LogP contribution in [0.1, 0.15) is 24.2 Å². The van der Waals surface area contributed by atoms with Crippen LogP contribution in [0.3, 0.4) is 0 Å². The van der Waals surface area contributed by atoms with E-state index >= 15 is 0 Å². The van der Waals surface area contributed by atoms with Gasteiger partial charge in [0.1, 0.15) is 16.8 Å². The molecule has 3 N–H and O–H groups in total. The van der Waals surface area contributed by atoms with Gasteiger partial charge in [-0.3, -0.25) is 0 Å². The zero-order chi connectivity index (χ0) is 23.8. The van der Waals surface area contributed by atoms with Crippen molar-refractivity contribution in [1.29, 1.82) is 0 Å². The molecule has 2 amide bonds. The van der Waals surface area contributed by atoms with Crippen molar-refractivity contribution < 1.29 is 55.3 Å². The molecule has 1 saturated heterocycles. The number of rotatable bonds is 6. The number of hydrogen-bond donors (Lipinski definition) is 3. The lowest BCUT2D eigenvalue weighted by Gasteiger charge is -2.26.